The Morgan fingerprint density at radius 1 is 1.04 bits per heavy atom. The average molecular weight is 374 g/mol. The number of nitrogens with one attached hydrogen (secondary N) is 2. The van der Waals surface area contributed by atoms with Gasteiger partial charge in [-0.05, 0) is 36.4 Å². The van der Waals surface area contributed by atoms with Crippen LogP contribution in [0.15, 0.2) is 60.8 Å². The number of amides is 1. The molecule has 2 aromatic carbocycles. The molecule has 132 valence electrons. The predicted molar refractivity (Wildman–Crippen MR) is 97.3 cm³/mol. The lowest BCUT2D eigenvalue weighted by Gasteiger charge is -2.09. The number of carbonyl (C=O) groups is 1. The van der Waals surface area contributed by atoms with Crippen LogP contribution in [0.2, 0.25) is 5.02 Å². The van der Waals surface area contributed by atoms with Crippen LogP contribution in [-0.2, 0) is 6.54 Å². The highest BCUT2D eigenvalue weighted by Crippen LogP contribution is 2.20. The Labute approximate surface area is 153 Å². The Kier molecular flexibility index (Phi) is 5.43. The highest BCUT2D eigenvalue weighted by atomic mass is 35.5. The molecule has 0 unspecified atom stereocenters. The van der Waals surface area contributed by atoms with E-state index in [0.29, 0.717) is 22.6 Å². The van der Waals surface area contributed by atoms with E-state index in [0.717, 1.165) is 0 Å². The van der Waals surface area contributed by atoms with Gasteiger partial charge in [0.05, 0.1) is 5.02 Å². The van der Waals surface area contributed by atoms with E-state index in [1.54, 1.807) is 24.3 Å². The van der Waals surface area contributed by atoms with Crippen LogP contribution in [0.3, 0.4) is 0 Å². The molecular weight excluding hydrogens is 360 g/mol. The predicted octanol–water partition coefficient (Wildman–Crippen LogP) is 4.88. The van der Waals surface area contributed by atoms with Gasteiger partial charge in [0, 0.05) is 29.6 Å². The number of hydrogen-bond donors (Lipinski definition) is 2. The molecule has 2 N–H and O–H groups in total. The van der Waals surface area contributed by atoms with E-state index >= 15 is 0 Å². The fourth-order valence-corrected chi connectivity index (χ4v) is 2.45. The minimum Gasteiger partial charge on any atom is -0.366 e. The molecule has 1 amide bonds. The van der Waals surface area contributed by atoms with Crippen LogP contribution in [0, 0.1) is 11.6 Å². The van der Waals surface area contributed by atoms with Gasteiger partial charge >= 0.3 is 0 Å². The number of halogens is 3. The molecule has 4 nitrogen and oxygen atoms in total. The molecule has 3 rings (SSSR count). The molecule has 0 saturated heterocycles. The molecule has 0 atom stereocenters. The summed E-state index contributed by atoms with van der Waals surface area (Å²) in [6.07, 6.45) is 1.47. The smallest absolute Gasteiger partial charge is 0.255 e. The summed E-state index contributed by atoms with van der Waals surface area (Å²) in [4.78, 5) is 16.4. The second kappa shape index (κ2) is 7.93. The van der Waals surface area contributed by atoms with Gasteiger partial charge in [-0.1, -0.05) is 29.8 Å². The molecule has 0 aliphatic carbocycles. The number of carbonyl (C=O) groups excluding carboxylic acids is 1. The Hall–Kier alpha value is -2.99. The van der Waals surface area contributed by atoms with Crippen molar-refractivity contribution < 1.29 is 13.6 Å². The molecule has 1 heterocycles. The number of nitrogens with zero attached hydrogens (tertiary/aromatic N) is 1. The van der Waals surface area contributed by atoms with Crippen LogP contribution >= 0.6 is 11.6 Å². The maximum Gasteiger partial charge on any atom is 0.255 e. The molecule has 0 saturated carbocycles. The van der Waals surface area contributed by atoms with E-state index in [2.05, 4.69) is 15.6 Å². The van der Waals surface area contributed by atoms with Gasteiger partial charge in [-0.25, -0.2) is 13.8 Å². The monoisotopic (exact) mass is 373 g/mol. The summed E-state index contributed by atoms with van der Waals surface area (Å²) < 4.78 is 26.8. The van der Waals surface area contributed by atoms with Gasteiger partial charge in [0.2, 0.25) is 0 Å². The van der Waals surface area contributed by atoms with Crippen LogP contribution in [0.5, 0.6) is 0 Å². The van der Waals surface area contributed by atoms with Crippen LogP contribution in [-0.4, -0.2) is 10.9 Å². The number of aromatic nitrogens is 1. The van der Waals surface area contributed by atoms with Crippen molar-refractivity contribution in [2.24, 2.45) is 0 Å². The van der Waals surface area contributed by atoms with Crippen molar-refractivity contribution in [3.8, 4) is 0 Å². The highest BCUT2D eigenvalue weighted by Gasteiger charge is 2.09. The van der Waals surface area contributed by atoms with E-state index in [1.165, 1.54) is 36.5 Å². The molecule has 0 spiro atoms. The third-order valence-corrected chi connectivity index (χ3v) is 3.91. The topological polar surface area (TPSA) is 54.0 Å². The van der Waals surface area contributed by atoms with Crippen molar-refractivity contribution in [1.29, 1.82) is 0 Å². The number of benzene rings is 2. The highest BCUT2D eigenvalue weighted by molar-refractivity contribution is 6.31. The van der Waals surface area contributed by atoms with E-state index in [-0.39, 0.29) is 17.4 Å². The van der Waals surface area contributed by atoms with Gasteiger partial charge in [0.25, 0.3) is 5.91 Å². The normalized spacial score (nSPS) is 10.4. The fourth-order valence-electron chi connectivity index (χ4n) is 2.27. The summed E-state index contributed by atoms with van der Waals surface area (Å²) in [5, 5.41) is 5.53. The zero-order chi connectivity index (χ0) is 18.5. The number of rotatable bonds is 5. The molecule has 0 bridgehead atoms. The Bertz CT molecular complexity index is 950. The minimum atomic E-state index is -0.562. The summed E-state index contributed by atoms with van der Waals surface area (Å²) in [7, 11) is 0. The zero-order valence-corrected chi connectivity index (χ0v) is 14.2. The first kappa shape index (κ1) is 17.8. The summed E-state index contributed by atoms with van der Waals surface area (Å²) >= 11 is 5.70. The van der Waals surface area contributed by atoms with Crippen molar-refractivity contribution in [3.63, 3.8) is 0 Å². The summed E-state index contributed by atoms with van der Waals surface area (Å²) in [5.41, 5.74) is 1.21. The number of hydrogen-bond acceptors (Lipinski definition) is 3. The second-order valence-corrected chi connectivity index (χ2v) is 5.86. The number of pyridine rings is 1. The van der Waals surface area contributed by atoms with Gasteiger partial charge < -0.3 is 10.6 Å². The van der Waals surface area contributed by atoms with Crippen molar-refractivity contribution in [3.05, 3.63) is 88.6 Å². The Morgan fingerprint density at radius 3 is 2.62 bits per heavy atom. The van der Waals surface area contributed by atoms with Gasteiger partial charge in [-0.15, -0.1) is 0 Å². The lowest BCUT2D eigenvalue weighted by atomic mass is 10.2. The van der Waals surface area contributed by atoms with E-state index < -0.39 is 11.7 Å². The SMILES string of the molecule is O=C(Nc1ccc(F)c(Cl)c1)c1ccnc(NCc2ccccc2F)c1. The molecule has 7 heteroatoms. The van der Waals surface area contributed by atoms with Crippen molar-refractivity contribution in [2.75, 3.05) is 10.6 Å². The molecule has 26 heavy (non-hydrogen) atoms. The van der Waals surface area contributed by atoms with Crippen LogP contribution in [0.4, 0.5) is 20.3 Å². The second-order valence-electron chi connectivity index (χ2n) is 5.46. The largest absolute Gasteiger partial charge is 0.366 e. The summed E-state index contributed by atoms with van der Waals surface area (Å²) in [6.45, 7) is 0.234. The molecule has 1 aromatic heterocycles. The Balaban J connectivity index is 1.69. The third-order valence-electron chi connectivity index (χ3n) is 3.62. The van der Waals surface area contributed by atoms with E-state index in [4.69, 9.17) is 11.6 Å². The molecule has 0 aliphatic heterocycles. The zero-order valence-electron chi connectivity index (χ0n) is 13.5. The third kappa shape index (κ3) is 4.34. The lowest BCUT2D eigenvalue weighted by molar-refractivity contribution is 0.102. The van der Waals surface area contributed by atoms with E-state index in [9.17, 15) is 13.6 Å². The van der Waals surface area contributed by atoms with Crippen molar-refractivity contribution in [1.82, 2.24) is 4.98 Å². The first-order valence-electron chi connectivity index (χ1n) is 7.72. The molecule has 0 fully saturated rings. The maximum absolute atomic E-state index is 13.6. The first-order chi connectivity index (χ1) is 12.5. The summed E-state index contributed by atoms with van der Waals surface area (Å²) in [6, 6.07) is 13.4. The van der Waals surface area contributed by atoms with E-state index in [1.807, 2.05) is 0 Å². The van der Waals surface area contributed by atoms with Gasteiger partial charge in [-0.3, -0.25) is 4.79 Å². The van der Waals surface area contributed by atoms with Crippen LogP contribution in [0.1, 0.15) is 15.9 Å². The maximum atomic E-state index is 13.6. The molecule has 3 aromatic rings. The lowest BCUT2D eigenvalue weighted by Crippen LogP contribution is -2.13. The Morgan fingerprint density at radius 2 is 1.85 bits per heavy atom. The first-order valence-corrected chi connectivity index (χ1v) is 8.10. The van der Waals surface area contributed by atoms with Crippen LogP contribution < -0.4 is 10.6 Å². The van der Waals surface area contributed by atoms with Gasteiger partial charge in [0.1, 0.15) is 17.5 Å². The average Bonchev–Trinajstić information content (AvgIpc) is 2.64. The van der Waals surface area contributed by atoms with Gasteiger partial charge in [-0.2, -0.15) is 0 Å². The number of anilines is 2. The molecule has 0 aliphatic rings. The molecular formula is C19H14ClF2N3O. The van der Waals surface area contributed by atoms with Crippen molar-refractivity contribution in [2.45, 2.75) is 6.54 Å². The fraction of sp³-hybridized carbons (Fsp3) is 0.0526. The quantitative estimate of drug-likeness (QED) is 0.670. The standard InChI is InChI=1S/C19H14ClF2N3O/c20-15-10-14(5-6-17(15)22)25-19(26)12-7-8-23-18(9-12)24-11-13-3-1-2-4-16(13)21/h1-10H,11H2,(H,23,24)(H,25,26). The minimum absolute atomic E-state index is 0.0789. The van der Waals surface area contributed by atoms with Crippen LogP contribution in [0.25, 0.3) is 0 Å². The van der Waals surface area contributed by atoms with Crippen molar-refractivity contribution >= 4 is 29.0 Å². The molecule has 0 radical (unpaired) electrons. The van der Waals surface area contributed by atoms with Gasteiger partial charge in [0.15, 0.2) is 0 Å². The summed E-state index contributed by atoms with van der Waals surface area (Å²) in [5.74, 6) is -0.850.